The number of hydrogen-bond acceptors (Lipinski definition) is 4. The summed E-state index contributed by atoms with van der Waals surface area (Å²) in [7, 11) is 0. The van der Waals surface area contributed by atoms with Gasteiger partial charge in [0.2, 0.25) is 5.89 Å². The van der Waals surface area contributed by atoms with E-state index in [1.54, 1.807) is 0 Å². The maximum atomic E-state index is 5.76. The number of benzene rings is 1. The maximum Gasteiger partial charge on any atom is 0.231 e. The van der Waals surface area contributed by atoms with Crippen molar-refractivity contribution in [1.29, 1.82) is 0 Å². The molecule has 0 aliphatic rings. The van der Waals surface area contributed by atoms with Crippen molar-refractivity contribution in [3.05, 3.63) is 47.1 Å². The van der Waals surface area contributed by atoms with E-state index in [1.807, 2.05) is 0 Å². The highest BCUT2D eigenvalue weighted by Gasteiger charge is 2.20. The van der Waals surface area contributed by atoms with Gasteiger partial charge < -0.3 is 10.3 Å². The number of hydrogen-bond donors (Lipinski definition) is 1. The van der Waals surface area contributed by atoms with Crippen LogP contribution in [-0.4, -0.2) is 16.7 Å². The third-order valence-corrected chi connectivity index (χ3v) is 3.34. The van der Waals surface area contributed by atoms with Crippen molar-refractivity contribution in [2.45, 2.75) is 33.1 Å². The highest BCUT2D eigenvalue weighted by atomic mass is 16.5. The van der Waals surface area contributed by atoms with Gasteiger partial charge in [0, 0.05) is 13.0 Å². The summed E-state index contributed by atoms with van der Waals surface area (Å²) in [6.45, 7) is 6.83. The average molecular weight is 259 g/mol. The summed E-state index contributed by atoms with van der Waals surface area (Å²) in [4.78, 5) is 4.46. The summed E-state index contributed by atoms with van der Waals surface area (Å²) in [5, 5.41) is 4.04. The summed E-state index contributed by atoms with van der Waals surface area (Å²) >= 11 is 0. The van der Waals surface area contributed by atoms with Gasteiger partial charge in [-0.2, -0.15) is 4.98 Å². The van der Waals surface area contributed by atoms with Gasteiger partial charge in [-0.15, -0.1) is 0 Å². The van der Waals surface area contributed by atoms with Crippen LogP contribution in [0.3, 0.4) is 0 Å². The molecule has 0 saturated carbocycles. The number of rotatable bonds is 5. The van der Waals surface area contributed by atoms with E-state index < -0.39 is 0 Å². The molecular weight excluding hydrogens is 238 g/mol. The number of nitrogens with zero attached hydrogens (tertiary/aromatic N) is 2. The Hall–Kier alpha value is -1.68. The first-order chi connectivity index (χ1) is 9.10. The zero-order chi connectivity index (χ0) is 13.8. The van der Waals surface area contributed by atoms with Crippen LogP contribution in [0.4, 0.5) is 0 Å². The molecule has 4 nitrogen and oxygen atoms in total. The van der Waals surface area contributed by atoms with Gasteiger partial charge in [-0.05, 0) is 18.4 Å². The van der Waals surface area contributed by atoms with E-state index in [0.29, 0.717) is 24.8 Å². The van der Waals surface area contributed by atoms with Crippen molar-refractivity contribution in [2.24, 2.45) is 11.7 Å². The van der Waals surface area contributed by atoms with Crippen molar-refractivity contribution in [1.82, 2.24) is 10.1 Å². The van der Waals surface area contributed by atoms with Crippen LogP contribution in [0.2, 0.25) is 0 Å². The Morgan fingerprint density at radius 3 is 2.47 bits per heavy atom. The first-order valence-corrected chi connectivity index (χ1v) is 6.68. The smallest absolute Gasteiger partial charge is 0.231 e. The number of aryl methyl sites for hydroxylation is 1. The first-order valence-electron chi connectivity index (χ1n) is 6.68. The lowest BCUT2D eigenvalue weighted by Gasteiger charge is -2.13. The van der Waals surface area contributed by atoms with Gasteiger partial charge in [0.25, 0.3) is 0 Å². The molecule has 0 amide bonds. The fourth-order valence-corrected chi connectivity index (χ4v) is 2.04. The number of nitrogens with two attached hydrogens (primary N) is 1. The van der Waals surface area contributed by atoms with Gasteiger partial charge in [-0.25, -0.2) is 0 Å². The molecule has 19 heavy (non-hydrogen) atoms. The molecule has 1 aromatic carbocycles. The molecule has 1 heterocycles. The molecule has 4 heteroatoms. The summed E-state index contributed by atoms with van der Waals surface area (Å²) in [6, 6.07) is 8.36. The zero-order valence-corrected chi connectivity index (χ0v) is 11.8. The third kappa shape index (κ3) is 3.41. The van der Waals surface area contributed by atoms with Crippen LogP contribution < -0.4 is 5.73 Å². The van der Waals surface area contributed by atoms with E-state index >= 15 is 0 Å². The fraction of sp³-hybridized carbons (Fsp3) is 0.467. The lowest BCUT2D eigenvalue weighted by atomic mass is 9.96. The van der Waals surface area contributed by atoms with Crippen LogP contribution in [0, 0.1) is 12.8 Å². The molecule has 2 rings (SSSR count). The predicted octanol–water partition coefficient (Wildman–Crippen LogP) is 2.67. The Bertz CT molecular complexity index is 516. The fourth-order valence-electron chi connectivity index (χ4n) is 2.04. The number of aromatic nitrogens is 2. The molecule has 0 saturated heterocycles. The van der Waals surface area contributed by atoms with Gasteiger partial charge in [-0.3, -0.25) is 0 Å². The second-order valence-corrected chi connectivity index (χ2v) is 5.30. The largest absolute Gasteiger partial charge is 0.339 e. The molecule has 0 bridgehead atoms. The van der Waals surface area contributed by atoms with Gasteiger partial charge in [0.1, 0.15) is 0 Å². The second kappa shape index (κ2) is 5.97. The predicted molar refractivity (Wildman–Crippen MR) is 74.9 cm³/mol. The molecule has 2 aromatic rings. The van der Waals surface area contributed by atoms with Gasteiger partial charge in [0.05, 0.1) is 5.92 Å². The minimum absolute atomic E-state index is 0.138. The molecule has 0 spiro atoms. The lowest BCUT2D eigenvalue weighted by Crippen LogP contribution is -2.18. The molecule has 1 unspecified atom stereocenters. The van der Waals surface area contributed by atoms with Gasteiger partial charge in [-0.1, -0.05) is 48.8 Å². The lowest BCUT2D eigenvalue weighted by molar-refractivity contribution is 0.322. The Morgan fingerprint density at radius 1 is 1.21 bits per heavy atom. The molecule has 102 valence electrons. The van der Waals surface area contributed by atoms with Crippen molar-refractivity contribution >= 4 is 0 Å². The van der Waals surface area contributed by atoms with Gasteiger partial charge in [0.15, 0.2) is 5.82 Å². The van der Waals surface area contributed by atoms with Gasteiger partial charge >= 0.3 is 0 Å². The Labute approximate surface area is 114 Å². The molecule has 0 aliphatic carbocycles. The summed E-state index contributed by atoms with van der Waals surface area (Å²) < 4.78 is 5.33. The van der Waals surface area contributed by atoms with Crippen molar-refractivity contribution < 1.29 is 4.52 Å². The monoisotopic (exact) mass is 259 g/mol. The standard InChI is InChI=1S/C15H21N3O/c1-10(2)13(9-16)15-17-14(18-19-15)8-12-6-4-11(3)5-7-12/h4-7,10,13H,8-9,16H2,1-3H3. The van der Waals surface area contributed by atoms with Crippen molar-refractivity contribution in [3.63, 3.8) is 0 Å². The van der Waals surface area contributed by atoms with Crippen LogP contribution >= 0.6 is 0 Å². The molecular formula is C15H21N3O. The van der Waals surface area contributed by atoms with Crippen LogP contribution in [0.1, 0.15) is 42.6 Å². The Balaban J connectivity index is 2.10. The van der Waals surface area contributed by atoms with Crippen LogP contribution in [0.5, 0.6) is 0 Å². The topological polar surface area (TPSA) is 64.9 Å². The minimum Gasteiger partial charge on any atom is -0.339 e. The maximum absolute atomic E-state index is 5.76. The normalized spacial score (nSPS) is 12.9. The molecule has 1 atom stereocenters. The minimum atomic E-state index is 0.138. The molecule has 0 radical (unpaired) electrons. The van der Waals surface area contributed by atoms with Crippen molar-refractivity contribution in [3.8, 4) is 0 Å². The summed E-state index contributed by atoms with van der Waals surface area (Å²) in [6.07, 6.45) is 0.694. The van der Waals surface area contributed by atoms with Crippen LogP contribution in [0.25, 0.3) is 0 Å². The van der Waals surface area contributed by atoms with E-state index in [-0.39, 0.29) is 5.92 Å². The zero-order valence-electron chi connectivity index (χ0n) is 11.8. The Morgan fingerprint density at radius 2 is 1.89 bits per heavy atom. The molecule has 2 N–H and O–H groups in total. The Kier molecular flexibility index (Phi) is 4.32. The summed E-state index contributed by atoms with van der Waals surface area (Å²) in [5.41, 5.74) is 8.19. The SMILES string of the molecule is Cc1ccc(Cc2noc(C(CN)C(C)C)n2)cc1. The van der Waals surface area contributed by atoms with E-state index in [0.717, 1.165) is 5.82 Å². The molecule has 0 aliphatic heterocycles. The van der Waals surface area contributed by atoms with E-state index in [1.165, 1.54) is 11.1 Å². The highest BCUT2D eigenvalue weighted by Crippen LogP contribution is 2.21. The van der Waals surface area contributed by atoms with Crippen LogP contribution in [0.15, 0.2) is 28.8 Å². The van der Waals surface area contributed by atoms with E-state index in [9.17, 15) is 0 Å². The van der Waals surface area contributed by atoms with Crippen LogP contribution in [-0.2, 0) is 6.42 Å². The quantitative estimate of drug-likeness (QED) is 0.896. The first kappa shape index (κ1) is 13.7. The average Bonchev–Trinajstić information content (AvgIpc) is 2.81. The third-order valence-electron chi connectivity index (χ3n) is 3.34. The van der Waals surface area contributed by atoms with E-state index in [2.05, 4.69) is 55.2 Å². The highest BCUT2D eigenvalue weighted by molar-refractivity contribution is 5.23. The molecule has 1 aromatic heterocycles. The van der Waals surface area contributed by atoms with E-state index in [4.69, 9.17) is 10.3 Å². The van der Waals surface area contributed by atoms with Crippen molar-refractivity contribution in [2.75, 3.05) is 6.54 Å². The summed E-state index contributed by atoms with van der Waals surface area (Å²) in [5.74, 6) is 1.91. The second-order valence-electron chi connectivity index (χ2n) is 5.30. The molecule has 0 fully saturated rings.